The molecule has 7 nitrogen and oxygen atoms in total. The number of esters is 1. The van der Waals surface area contributed by atoms with E-state index < -0.39 is 18.0 Å². The summed E-state index contributed by atoms with van der Waals surface area (Å²) in [6.45, 7) is 4.41. The quantitative estimate of drug-likeness (QED) is 0.739. The number of ether oxygens (including phenoxy) is 3. The van der Waals surface area contributed by atoms with E-state index in [0.29, 0.717) is 11.4 Å². The predicted molar refractivity (Wildman–Crippen MR) is 106 cm³/mol. The maximum Gasteiger partial charge on any atom is 0.344 e. The standard InChI is InChI=1S/C21H24N2O5/c1-16(28-20(24)15-27-19-5-3-2-4-6-19)21(25)22-17-7-9-18(10-8-17)23-11-13-26-14-12-23/h2-10,16H,11-15H2,1H3,(H,22,25)/t16-/m1/s1. The van der Waals surface area contributed by atoms with Crippen LogP contribution in [0.5, 0.6) is 5.75 Å². The molecule has 7 heteroatoms. The molecule has 1 aliphatic heterocycles. The minimum Gasteiger partial charge on any atom is -0.482 e. The van der Waals surface area contributed by atoms with Crippen LogP contribution in [-0.2, 0) is 19.1 Å². The Labute approximate surface area is 164 Å². The monoisotopic (exact) mass is 384 g/mol. The molecule has 0 spiro atoms. The van der Waals surface area contributed by atoms with Gasteiger partial charge in [-0.2, -0.15) is 0 Å². The smallest absolute Gasteiger partial charge is 0.344 e. The van der Waals surface area contributed by atoms with E-state index in [1.165, 1.54) is 6.92 Å². The molecular formula is C21H24N2O5. The molecule has 148 valence electrons. The fraction of sp³-hybridized carbons (Fsp3) is 0.333. The second-order valence-electron chi connectivity index (χ2n) is 6.37. The first-order chi connectivity index (χ1) is 13.6. The molecule has 1 saturated heterocycles. The second-order valence-corrected chi connectivity index (χ2v) is 6.37. The van der Waals surface area contributed by atoms with E-state index in [2.05, 4.69) is 10.2 Å². The lowest BCUT2D eigenvalue weighted by molar-refractivity contribution is -0.155. The highest BCUT2D eigenvalue weighted by molar-refractivity contribution is 5.95. The van der Waals surface area contributed by atoms with Crippen molar-refractivity contribution in [2.45, 2.75) is 13.0 Å². The van der Waals surface area contributed by atoms with Crippen molar-refractivity contribution >= 4 is 23.3 Å². The Morgan fingerprint density at radius 1 is 1.07 bits per heavy atom. The van der Waals surface area contributed by atoms with Crippen LogP contribution in [0.25, 0.3) is 0 Å². The Morgan fingerprint density at radius 3 is 2.43 bits per heavy atom. The number of hydrogen-bond donors (Lipinski definition) is 1. The van der Waals surface area contributed by atoms with E-state index in [1.807, 2.05) is 30.3 Å². The molecule has 2 aromatic rings. The number of para-hydroxylation sites is 1. The third kappa shape index (κ3) is 5.72. The van der Waals surface area contributed by atoms with Crippen LogP contribution in [0.1, 0.15) is 6.92 Å². The zero-order chi connectivity index (χ0) is 19.8. The summed E-state index contributed by atoms with van der Waals surface area (Å²) in [6, 6.07) is 16.5. The molecule has 0 unspecified atom stereocenters. The van der Waals surface area contributed by atoms with Crippen molar-refractivity contribution in [3.63, 3.8) is 0 Å². The Kier molecular flexibility index (Phi) is 6.86. The van der Waals surface area contributed by atoms with Gasteiger partial charge in [-0.3, -0.25) is 4.79 Å². The zero-order valence-electron chi connectivity index (χ0n) is 15.8. The molecular weight excluding hydrogens is 360 g/mol. The summed E-state index contributed by atoms with van der Waals surface area (Å²) in [4.78, 5) is 26.3. The van der Waals surface area contributed by atoms with Crippen molar-refractivity contribution in [1.82, 2.24) is 0 Å². The minimum absolute atomic E-state index is 0.254. The molecule has 0 bridgehead atoms. The SMILES string of the molecule is C[C@@H](OC(=O)COc1ccccc1)C(=O)Nc1ccc(N2CCOCC2)cc1. The van der Waals surface area contributed by atoms with Gasteiger partial charge in [-0.25, -0.2) is 4.79 Å². The van der Waals surface area contributed by atoms with E-state index >= 15 is 0 Å². The molecule has 0 aliphatic carbocycles. The Balaban J connectivity index is 1.44. The highest BCUT2D eigenvalue weighted by Gasteiger charge is 2.18. The van der Waals surface area contributed by atoms with E-state index in [1.54, 1.807) is 24.3 Å². The average Bonchev–Trinajstić information content (AvgIpc) is 2.74. The van der Waals surface area contributed by atoms with Crippen LogP contribution in [0.4, 0.5) is 11.4 Å². The topological polar surface area (TPSA) is 77.1 Å². The van der Waals surface area contributed by atoms with Crippen LogP contribution in [0.15, 0.2) is 54.6 Å². The highest BCUT2D eigenvalue weighted by atomic mass is 16.6. The van der Waals surface area contributed by atoms with Gasteiger partial charge in [0.25, 0.3) is 5.91 Å². The van der Waals surface area contributed by atoms with Crippen LogP contribution in [0.2, 0.25) is 0 Å². The van der Waals surface area contributed by atoms with Crippen molar-refractivity contribution in [3.8, 4) is 5.75 Å². The second kappa shape index (κ2) is 9.75. The third-order valence-electron chi connectivity index (χ3n) is 4.29. The molecule has 0 saturated carbocycles. The van der Waals surface area contributed by atoms with E-state index in [9.17, 15) is 9.59 Å². The van der Waals surface area contributed by atoms with Gasteiger partial charge in [0.2, 0.25) is 0 Å². The van der Waals surface area contributed by atoms with Gasteiger partial charge in [-0.15, -0.1) is 0 Å². The zero-order valence-corrected chi connectivity index (χ0v) is 15.8. The fourth-order valence-corrected chi connectivity index (χ4v) is 2.76. The molecule has 0 radical (unpaired) electrons. The first-order valence-electron chi connectivity index (χ1n) is 9.23. The molecule has 2 aromatic carbocycles. The van der Waals surface area contributed by atoms with Crippen LogP contribution in [0.3, 0.4) is 0 Å². The van der Waals surface area contributed by atoms with Crippen LogP contribution in [-0.4, -0.2) is 50.9 Å². The molecule has 1 fully saturated rings. The van der Waals surface area contributed by atoms with Gasteiger partial charge < -0.3 is 24.4 Å². The molecule has 0 aromatic heterocycles. The summed E-state index contributed by atoms with van der Waals surface area (Å²) in [5, 5.41) is 2.75. The molecule has 1 amide bonds. The van der Waals surface area contributed by atoms with E-state index in [4.69, 9.17) is 14.2 Å². The third-order valence-corrected chi connectivity index (χ3v) is 4.29. The maximum atomic E-state index is 12.3. The van der Waals surface area contributed by atoms with Crippen molar-refractivity contribution in [1.29, 1.82) is 0 Å². The highest BCUT2D eigenvalue weighted by Crippen LogP contribution is 2.19. The van der Waals surface area contributed by atoms with E-state index in [0.717, 1.165) is 32.0 Å². The van der Waals surface area contributed by atoms with Gasteiger partial charge in [0.1, 0.15) is 5.75 Å². The van der Waals surface area contributed by atoms with Crippen molar-refractivity contribution in [2.24, 2.45) is 0 Å². The Morgan fingerprint density at radius 2 is 1.75 bits per heavy atom. The van der Waals surface area contributed by atoms with Crippen LogP contribution in [0, 0.1) is 0 Å². The lowest BCUT2D eigenvalue weighted by Crippen LogP contribution is -2.36. The number of nitrogens with zero attached hydrogens (tertiary/aromatic N) is 1. The van der Waals surface area contributed by atoms with Gasteiger partial charge in [0.05, 0.1) is 13.2 Å². The number of hydrogen-bond acceptors (Lipinski definition) is 6. The Hall–Kier alpha value is -3.06. The average molecular weight is 384 g/mol. The summed E-state index contributed by atoms with van der Waals surface area (Å²) in [6.07, 6.45) is -0.925. The molecule has 1 aliphatic rings. The molecule has 1 heterocycles. The van der Waals surface area contributed by atoms with Crippen molar-refractivity contribution < 1.29 is 23.8 Å². The van der Waals surface area contributed by atoms with Gasteiger partial charge >= 0.3 is 5.97 Å². The van der Waals surface area contributed by atoms with Gasteiger partial charge in [-0.1, -0.05) is 18.2 Å². The summed E-state index contributed by atoms with van der Waals surface area (Å²) in [5.74, 6) is -0.432. The van der Waals surface area contributed by atoms with E-state index in [-0.39, 0.29) is 6.61 Å². The van der Waals surface area contributed by atoms with Crippen LogP contribution >= 0.6 is 0 Å². The number of carbonyl (C=O) groups is 2. The number of benzene rings is 2. The first-order valence-corrected chi connectivity index (χ1v) is 9.23. The number of nitrogens with one attached hydrogen (secondary N) is 1. The summed E-state index contributed by atoms with van der Waals surface area (Å²) >= 11 is 0. The minimum atomic E-state index is -0.925. The Bertz CT molecular complexity index is 773. The number of amides is 1. The van der Waals surface area contributed by atoms with Gasteiger partial charge in [0, 0.05) is 24.5 Å². The lowest BCUT2D eigenvalue weighted by atomic mass is 10.2. The molecule has 28 heavy (non-hydrogen) atoms. The summed E-state index contributed by atoms with van der Waals surface area (Å²) in [5.41, 5.74) is 1.73. The number of morpholine rings is 1. The largest absolute Gasteiger partial charge is 0.482 e. The first kappa shape index (κ1) is 19.7. The summed E-state index contributed by atoms with van der Waals surface area (Å²) in [7, 11) is 0. The van der Waals surface area contributed by atoms with Crippen molar-refractivity contribution in [3.05, 3.63) is 54.6 Å². The molecule has 1 atom stereocenters. The maximum absolute atomic E-state index is 12.3. The normalized spacial score (nSPS) is 14.8. The summed E-state index contributed by atoms with van der Waals surface area (Å²) < 4.78 is 15.8. The van der Waals surface area contributed by atoms with Gasteiger partial charge in [-0.05, 0) is 43.3 Å². The fourth-order valence-electron chi connectivity index (χ4n) is 2.76. The lowest BCUT2D eigenvalue weighted by Gasteiger charge is -2.28. The number of carbonyl (C=O) groups excluding carboxylic acids is 2. The number of anilines is 2. The molecule has 1 N–H and O–H groups in total. The predicted octanol–water partition coefficient (Wildman–Crippen LogP) is 2.47. The molecule has 3 rings (SSSR count). The van der Waals surface area contributed by atoms with Crippen molar-refractivity contribution in [2.75, 3.05) is 43.1 Å². The van der Waals surface area contributed by atoms with Crippen LogP contribution < -0.4 is 15.0 Å². The van der Waals surface area contributed by atoms with Gasteiger partial charge in [0.15, 0.2) is 12.7 Å². The number of rotatable bonds is 7.